The Bertz CT molecular complexity index is 1690. The summed E-state index contributed by atoms with van der Waals surface area (Å²) in [6.07, 6.45) is 4.25. The predicted molar refractivity (Wildman–Crippen MR) is 182 cm³/mol. The number of esters is 5. The topological polar surface area (TPSA) is 167 Å². The summed E-state index contributed by atoms with van der Waals surface area (Å²) in [5.41, 5.74) is 0.942. The lowest BCUT2D eigenvalue weighted by molar-refractivity contribution is -0.138. The monoisotopic (exact) mass is 702 g/mol. The number of carbonyl (C=O) groups is 6. The average Bonchev–Trinajstić information content (AvgIpc) is 3.12. The van der Waals surface area contributed by atoms with Crippen molar-refractivity contribution in [1.82, 2.24) is 0 Å². The second-order valence-electron chi connectivity index (χ2n) is 10.7. The minimum atomic E-state index is -0.922. The molecule has 0 spiro atoms. The van der Waals surface area contributed by atoms with Gasteiger partial charge in [0.05, 0.1) is 30.9 Å². The minimum Gasteiger partial charge on any atom is -0.463 e. The molecule has 0 bridgehead atoms. The van der Waals surface area contributed by atoms with E-state index in [1.54, 1.807) is 6.92 Å². The van der Waals surface area contributed by atoms with Gasteiger partial charge in [-0.3, -0.25) is 4.79 Å². The molecular formula is C38H38O13. The fourth-order valence-electron chi connectivity index (χ4n) is 4.12. The van der Waals surface area contributed by atoms with Gasteiger partial charge in [-0.1, -0.05) is 13.2 Å². The molecule has 0 aliphatic carbocycles. The highest BCUT2D eigenvalue weighted by Gasteiger charge is 2.15. The number of hydrogen-bond acceptors (Lipinski definition) is 13. The zero-order valence-corrected chi connectivity index (χ0v) is 28.1. The Kier molecular flexibility index (Phi) is 16.1. The average molecular weight is 703 g/mol. The molecule has 0 fully saturated rings. The molecule has 13 heteroatoms. The van der Waals surface area contributed by atoms with Crippen molar-refractivity contribution in [3.05, 3.63) is 109 Å². The summed E-state index contributed by atoms with van der Waals surface area (Å²) < 4.78 is 36.0. The first-order valence-electron chi connectivity index (χ1n) is 16.0. The highest BCUT2D eigenvalue weighted by Crippen LogP contribution is 2.26. The van der Waals surface area contributed by atoms with E-state index < -0.39 is 36.0 Å². The molecule has 268 valence electrons. The largest absolute Gasteiger partial charge is 0.513 e. The van der Waals surface area contributed by atoms with E-state index in [-0.39, 0.29) is 60.4 Å². The van der Waals surface area contributed by atoms with Crippen molar-refractivity contribution in [1.29, 1.82) is 0 Å². The van der Waals surface area contributed by atoms with Gasteiger partial charge in [0.25, 0.3) is 0 Å². The quantitative estimate of drug-likeness (QED) is 0.0325. The third kappa shape index (κ3) is 14.4. The Balaban J connectivity index is 1.40. The van der Waals surface area contributed by atoms with Crippen LogP contribution in [0.2, 0.25) is 0 Å². The Morgan fingerprint density at radius 2 is 1.04 bits per heavy atom. The Hall–Kier alpha value is -6.24. The van der Waals surface area contributed by atoms with E-state index >= 15 is 0 Å². The molecule has 0 aliphatic rings. The molecule has 0 aromatic heterocycles. The summed E-state index contributed by atoms with van der Waals surface area (Å²) in [7, 11) is 0. The first-order valence-corrected chi connectivity index (χ1v) is 16.0. The molecule has 3 aromatic rings. The maximum atomic E-state index is 12.7. The van der Waals surface area contributed by atoms with Gasteiger partial charge in [-0.05, 0) is 111 Å². The molecular weight excluding hydrogens is 664 g/mol. The Morgan fingerprint density at radius 1 is 0.549 bits per heavy atom. The number of rotatable bonds is 19. The molecule has 3 rings (SSSR count). The molecule has 0 atom stereocenters. The fraction of sp³-hybridized carbons (Fsp3) is 0.263. The van der Waals surface area contributed by atoms with E-state index in [4.69, 9.17) is 33.2 Å². The normalized spacial score (nSPS) is 10.2. The van der Waals surface area contributed by atoms with E-state index in [1.165, 1.54) is 66.7 Å². The summed E-state index contributed by atoms with van der Waals surface area (Å²) >= 11 is 0. The third-order valence-corrected chi connectivity index (χ3v) is 6.78. The number of ether oxygens (including phenoxy) is 7. The maximum absolute atomic E-state index is 12.7. The standard InChI is InChI=1S/C38H38O13/c1-4-33(39)45-22-8-6-7-11-35(41)48-29-16-12-28(13-17-29)37(43)51-32-21-20-31(25-26(32)3)49-36(42)27-14-18-30(19-15-27)50-38(44)47-24-10-9-23-46-34(40)5-2/h4-5,12-21,25H,1-2,6-11,22-24H2,3H3. The number of benzene rings is 3. The summed E-state index contributed by atoms with van der Waals surface area (Å²) in [6.45, 7) is 8.81. The highest BCUT2D eigenvalue weighted by atomic mass is 16.7. The lowest BCUT2D eigenvalue weighted by atomic mass is 10.2. The van der Waals surface area contributed by atoms with E-state index in [9.17, 15) is 28.8 Å². The molecule has 0 saturated carbocycles. The van der Waals surface area contributed by atoms with Crippen LogP contribution in [-0.4, -0.2) is 55.8 Å². The van der Waals surface area contributed by atoms with Crippen LogP contribution in [-0.2, 0) is 28.6 Å². The van der Waals surface area contributed by atoms with Gasteiger partial charge >= 0.3 is 36.0 Å². The van der Waals surface area contributed by atoms with Crippen molar-refractivity contribution in [2.45, 2.75) is 45.4 Å². The van der Waals surface area contributed by atoms with Gasteiger partial charge in [-0.25, -0.2) is 24.0 Å². The van der Waals surface area contributed by atoms with E-state index in [2.05, 4.69) is 13.2 Å². The van der Waals surface area contributed by atoms with Crippen LogP contribution >= 0.6 is 0 Å². The molecule has 0 amide bonds. The van der Waals surface area contributed by atoms with Crippen molar-refractivity contribution < 1.29 is 61.9 Å². The van der Waals surface area contributed by atoms with Crippen LogP contribution in [0.15, 0.2) is 92.0 Å². The van der Waals surface area contributed by atoms with Gasteiger partial charge in [0.2, 0.25) is 0 Å². The van der Waals surface area contributed by atoms with E-state index in [0.717, 1.165) is 12.2 Å². The minimum absolute atomic E-state index is 0.0704. The van der Waals surface area contributed by atoms with Crippen LogP contribution < -0.4 is 18.9 Å². The molecule has 13 nitrogen and oxygen atoms in total. The Labute approximate surface area is 294 Å². The van der Waals surface area contributed by atoms with Gasteiger partial charge in [0.1, 0.15) is 23.0 Å². The van der Waals surface area contributed by atoms with Gasteiger partial charge in [-0.2, -0.15) is 0 Å². The highest BCUT2D eigenvalue weighted by molar-refractivity contribution is 5.92. The molecule has 51 heavy (non-hydrogen) atoms. The molecule has 0 saturated heterocycles. The second-order valence-corrected chi connectivity index (χ2v) is 10.7. The zero-order valence-electron chi connectivity index (χ0n) is 28.1. The maximum Gasteiger partial charge on any atom is 0.513 e. The number of unbranched alkanes of at least 4 members (excludes halogenated alkanes) is 3. The van der Waals surface area contributed by atoms with Gasteiger partial charge < -0.3 is 33.2 Å². The zero-order chi connectivity index (χ0) is 37.0. The summed E-state index contributed by atoms with van der Waals surface area (Å²) in [5, 5.41) is 0. The molecule has 0 N–H and O–H groups in total. The molecule has 0 radical (unpaired) electrons. The first-order chi connectivity index (χ1) is 24.6. The molecule has 0 aliphatic heterocycles. The SMILES string of the molecule is C=CC(=O)OCCCCCC(=O)Oc1ccc(C(=O)Oc2ccc(OC(=O)c3ccc(OC(=O)OCCCCOC(=O)C=C)cc3)cc2C)cc1. The lowest BCUT2D eigenvalue weighted by Gasteiger charge is -2.11. The second kappa shape index (κ2) is 21.0. The van der Waals surface area contributed by atoms with Gasteiger partial charge in [0.15, 0.2) is 0 Å². The number of carbonyl (C=O) groups excluding carboxylic acids is 6. The van der Waals surface area contributed by atoms with Crippen LogP contribution in [0.4, 0.5) is 4.79 Å². The molecule has 0 unspecified atom stereocenters. The predicted octanol–water partition coefficient (Wildman–Crippen LogP) is 6.65. The van der Waals surface area contributed by atoms with Crippen LogP contribution in [0, 0.1) is 6.92 Å². The van der Waals surface area contributed by atoms with Crippen LogP contribution in [0.25, 0.3) is 0 Å². The van der Waals surface area contributed by atoms with E-state index in [1.807, 2.05) is 0 Å². The van der Waals surface area contributed by atoms with Crippen molar-refractivity contribution in [2.24, 2.45) is 0 Å². The van der Waals surface area contributed by atoms with Crippen molar-refractivity contribution in [3.8, 4) is 23.0 Å². The number of aryl methyl sites for hydroxylation is 1. The van der Waals surface area contributed by atoms with Crippen molar-refractivity contribution >= 4 is 36.0 Å². The van der Waals surface area contributed by atoms with Crippen LogP contribution in [0.1, 0.15) is 64.8 Å². The summed E-state index contributed by atoms with van der Waals surface area (Å²) in [5.74, 6) is -1.85. The van der Waals surface area contributed by atoms with Crippen LogP contribution in [0.3, 0.4) is 0 Å². The lowest BCUT2D eigenvalue weighted by Crippen LogP contribution is -2.13. The summed E-state index contributed by atoms with van der Waals surface area (Å²) in [6, 6.07) is 16.1. The first kappa shape index (κ1) is 39.2. The van der Waals surface area contributed by atoms with Gasteiger partial charge in [-0.15, -0.1) is 0 Å². The Morgan fingerprint density at radius 3 is 1.59 bits per heavy atom. The number of hydrogen-bond donors (Lipinski definition) is 0. The van der Waals surface area contributed by atoms with Crippen molar-refractivity contribution in [2.75, 3.05) is 19.8 Å². The third-order valence-electron chi connectivity index (χ3n) is 6.78. The summed E-state index contributed by atoms with van der Waals surface area (Å²) in [4.78, 5) is 71.4. The van der Waals surface area contributed by atoms with Crippen molar-refractivity contribution in [3.63, 3.8) is 0 Å². The van der Waals surface area contributed by atoms with E-state index in [0.29, 0.717) is 37.7 Å². The fourth-order valence-corrected chi connectivity index (χ4v) is 4.12. The smallest absolute Gasteiger partial charge is 0.463 e. The molecule has 3 aromatic carbocycles. The molecule has 0 heterocycles. The van der Waals surface area contributed by atoms with Crippen LogP contribution in [0.5, 0.6) is 23.0 Å². The van der Waals surface area contributed by atoms with Gasteiger partial charge in [0, 0.05) is 18.6 Å².